The van der Waals surface area contributed by atoms with Crippen LogP contribution in [0.4, 0.5) is 4.39 Å². The third kappa shape index (κ3) is 3.59. The number of carbonyl (C=O) groups excluding carboxylic acids is 1. The predicted molar refractivity (Wildman–Crippen MR) is 98.6 cm³/mol. The number of amides is 1. The van der Waals surface area contributed by atoms with Gasteiger partial charge in [0.2, 0.25) is 5.91 Å². The lowest BCUT2D eigenvalue weighted by molar-refractivity contribution is -0.148. The number of carbonyl (C=O) groups is 2. The molecule has 5 nitrogen and oxygen atoms in total. The molecule has 1 atom stereocenters. The van der Waals surface area contributed by atoms with E-state index in [1.165, 1.54) is 6.07 Å². The molecule has 1 amide bonds. The van der Waals surface area contributed by atoms with Crippen LogP contribution in [0.3, 0.4) is 0 Å². The molecular formula is C21H27FN2O3. The standard InChI is InChI=1S/C21H27FN2O3/c1-14-16(3-2-4-17(14)22)12-23-9-7-21(8-10-23)11-18(20(26)27)24(13-21)19(25)15-5-6-15/h2-4,15,18H,5-13H2,1H3,(H,26,27)/t18-/m0/s1. The molecule has 6 heteroatoms. The van der Waals surface area contributed by atoms with Crippen molar-refractivity contribution >= 4 is 11.9 Å². The predicted octanol–water partition coefficient (Wildman–Crippen LogP) is 2.81. The molecule has 1 spiro atoms. The number of hydrogen-bond donors (Lipinski definition) is 1. The van der Waals surface area contributed by atoms with Crippen LogP contribution in [-0.4, -0.2) is 52.5 Å². The fourth-order valence-electron chi connectivity index (χ4n) is 4.69. The number of piperidine rings is 1. The van der Waals surface area contributed by atoms with E-state index in [9.17, 15) is 19.1 Å². The SMILES string of the molecule is Cc1c(F)cccc1CN1CCC2(CC1)C[C@@H](C(=O)O)N(C(=O)C1CC1)C2. The van der Waals surface area contributed by atoms with E-state index in [1.54, 1.807) is 11.0 Å². The maximum absolute atomic E-state index is 13.8. The molecule has 1 N–H and O–H groups in total. The molecule has 1 aromatic carbocycles. The molecule has 1 saturated carbocycles. The van der Waals surface area contributed by atoms with Gasteiger partial charge in [-0.1, -0.05) is 12.1 Å². The van der Waals surface area contributed by atoms with Gasteiger partial charge < -0.3 is 10.0 Å². The average molecular weight is 374 g/mol. The first-order valence-electron chi connectivity index (χ1n) is 9.88. The van der Waals surface area contributed by atoms with Crippen molar-refractivity contribution in [2.24, 2.45) is 11.3 Å². The molecule has 0 bridgehead atoms. The zero-order valence-corrected chi connectivity index (χ0v) is 15.8. The number of aliphatic carboxylic acids is 1. The van der Waals surface area contributed by atoms with Crippen molar-refractivity contribution in [1.82, 2.24) is 9.80 Å². The van der Waals surface area contributed by atoms with Gasteiger partial charge in [-0.3, -0.25) is 9.69 Å². The highest BCUT2D eigenvalue weighted by molar-refractivity contribution is 5.87. The fraction of sp³-hybridized carbons (Fsp3) is 0.619. The third-order valence-electron chi connectivity index (χ3n) is 6.69. The van der Waals surface area contributed by atoms with E-state index in [1.807, 2.05) is 13.0 Å². The Balaban J connectivity index is 1.41. The molecule has 4 rings (SSSR count). The summed E-state index contributed by atoms with van der Waals surface area (Å²) in [4.78, 5) is 28.2. The van der Waals surface area contributed by atoms with E-state index in [0.29, 0.717) is 25.1 Å². The van der Waals surface area contributed by atoms with Gasteiger partial charge >= 0.3 is 5.97 Å². The lowest BCUT2D eigenvalue weighted by Gasteiger charge is -2.39. The molecule has 3 aliphatic rings. The lowest BCUT2D eigenvalue weighted by Crippen LogP contribution is -2.43. The third-order valence-corrected chi connectivity index (χ3v) is 6.69. The van der Waals surface area contributed by atoms with Gasteiger partial charge in [0, 0.05) is 19.0 Å². The van der Waals surface area contributed by atoms with E-state index in [4.69, 9.17) is 0 Å². The summed E-state index contributed by atoms with van der Waals surface area (Å²) in [6, 6.07) is 4.53. The van der Waals surface area contributed by atoms with Gasteiger partial charge in [0.1, 0.15) is 11.9 Å². The van der Waals surface area contributed by atoms with E-state index in [2.05, 4.69) is 4.90 Å². The van der Waals surface area contributed by atoms with Crippen LogP contribution in [0.5, 0.6) is 0 Å². The van der Waals surface area contributed by atoms with Crippen LogP contribution >= 0.6 is 0 Å². The molecule has 2 aliphatic heterocycles. The topological polar surface area (TPSA) is 60.9 Å². The molecule has 3 fully saturated rings. The Morgan fingerprint density at radius 1 is 1.26 bits per heavy atom. The number of likely N-dealkylation sites (tertiary alicyclic amines) is 2. The first-order valence-corrected chi connectivity index (χ1v) is 9.88. The fourth-order valence-corrected chi connectivity index (χ4v) is 4.69. The minimum Gasteiger partial charge on any atom is -0.480 e. The van der Waals surface area contributed by atoms with Crippen molar-refractivity contribution < 1.29 is 19.1 Å². The van der Waals surface area contributed by atoms with E-state index in [0.717, 1.165) is 44.3 Å². The minimum atomic E-state index is -0.876. The van der Waals surface area contributed by atoms with Gasteiger partial charge in [-0.05, 0) is 74.7 Å². The summed E-state index contributed by atoms with van der Waals surface area (Å²) in [6.07, 6.45) is 4.14. The van der Waals surface area contributed by atoms with Crippen LogP contribution in [0.25, 0.3) is 0 Å². The Bertz CT molecular complexity index is 754. The number of hydrogen-bond acceptors (Lipinski definition) is 3. The van der Waals surface area contributed by atoms with Gasteiger partial charge in [0.15, 0.2) is 0 Å². The van der Waals surface area contributed by atoms with Gasteiger partial charge in [-0.2, -0.15) is 0 Å². The number of benzene rings is 1. The van der Waals surface area contributed by atoms with Crippen LogP contribution in [0, 0.1) is 24.1 Å². The first kappa shape index (κ1) is 18.4. The Hall–Kier alpha value is -1.95. The molecular weight excluding hydrogens is 347 g/mol. The maximum atomic E-state index is 13.8. The highest BCUT2D eigenvalue weighted by Gasteiger charge is 2.51. The quantitative estimate of drug-likeness (QED) is 0.880. The van der Waals surface area contributed by atoms with Crippen molar-refractivity contribution in [2.45, 2.75) is 51.6 Å². The van der Waals surface area contributed by atoms with Gasteiger partial charge in [0.05, 0.1) is 0 Å². The van der Waals surface area contributed by atoms with E-state index < -0.39 is 12.0 Å². The van der Waals surface area contributed by atoms with Gasteiger partial charge in [0.25, 0.3) is 0 Å². The van der Waals surface area contributed by atoms with Crippen LogP contribution in [0.2, 0.25) is 0 Å². The normalized spacial score (nSPS) is 25.1. The summed E-state index contributed by atoms with van der Waals surface area (Å²) in [5.41, 5.74) is 1.62. The number of rotatable bonds is 4. The molecule has 0 aromatic heterocycles. The monoisotopic (exact) mass is 374 g/mol. The van der Waals surface area contributed by atoms with Crippen molar-refractivity contribution in [2.75, 3.05) is 19.6 Å². The molecule has 27 heavy (non-hydrogen) atoms. The van der Waals surface area contributed by atoms with Crippen molar-refractivity contribution in [3.8, 4) is 0 Å². The second-order valence-electron chi connectivity index (χ2n) is 8.60. The highest BCUT2D eigenvalue weighted by atomic mass is 19.1. The summed E-state index contributed by atoms with van der Waals surface area (Å²) in [6.45, 7) is 4.81. The second kappa shape index (κ2) is 6.89. The molecule has 1 aromatic rings. The van der Waals surface area contributed by atoms with Crippen LogP contribution in [0.15, 0.2) is 18.2 Å². The Morgan fingerprint density at radius 2 is 1.96 bits per heavy atom. The molecule has 2 heterocycles. The van der Waals surface area contributed by atoms with Gasteiger partial charge in [-0.15, -0.1) is 0 Å². The second-order valence-corrected chi connectivity index (χ2v) is 8.60. The number of nitrogens with zero attached hydrogens (tertiary/aromatic N) is 2. The summed E-state index contributed by atoms with van der Waals surface area (Å²) in [5, 5.41) is 9.61. The Morgan fingerprint density at radius 3 is 2.59 bits per heavy atom. The highest BCUT2D eigenvalue weighted by Crippen LogP contribution is 2.45. The first-order chi connectivity index (χ1) is 12.9. The average Bonchev–Trinajstić information content (AvgIpc) is 3.42. The Kier molecular flexibility index (Phi) is 4.70. The molecule has 146 valence electrons. The lowest BCUT2D eigenvalue weighted by atomic mass is 9.76. The number of carboxylic acid groups (broad SMARTS) is 1. The number of carboxylic acids is 1. The zero-order valence-electron chi connectivity index (χ0n) is 15.8. The smallest absolute Gasteiger partial charge is 0.326 e. The van der Waals surface area contributed by atoms with Crippen LogP contribution < -0.4 is 0 Å². The molecule has 0 radical (unpaired) electrons. The summed E-state index contributed by atoms with van der Waals surface area (Å²) in [7, 11) is 0. The van der Waals surface area contributed by atoms with E-state index >= 15 is 0 Å². The summed E-state index contributed by atoms with van der Waals surface area (Å²) in [5.74, 6) is -0.955. The van der Waals surface area contributed by atoms with Crippen molar-refractivity contribution in [3.05, 3.63) is 35.1 Å². The van der Waals surface area contributed by atoms with Gasteiger partial charge in [-0.25, -0.2) is 9.18 Å². The summed E-state index contributed by atoms with van der Waals surface area (Å²) < 4.78 is 13.8. The summed E-state index contributed by atoms with van der Waals surface area (Å²) >= 11 is 0. The van der Waals surface area contributed by atoms with Crippen LogP contribution in [0.1, 0.15) is 43.2 Å². The largest absolute Gasteiger partial charge is 0.480 e. The zero-order chi connectivity index (χ0) is 19.2. The van der Waals surface area contributed by atoms with Crippen molar-refractivity contribution in [1.29, 1.82) is 0 Å². The molecule has 0 unspecified atom stereocenters. The maximum Gasteiger partial charge on any atom is 0.326 e. The Labute approximate surface area is 159 Å². The van der Waals surface area contributed by atoms with E-state index in [-0.39, 0.29) is 23.1 Å². The molecule has 1 aliphatic carbocycles. The molecule has 2 saturated heterocycles. The minimum absolute atomic E-state index is 0.0390. The number of halogens is 1. The van der Waals surface area contributed by atoms with Crippen molar-refractivity contribution in [3.63, 3.8) is 0 Å². The van der Waals surface area contributed by atoms with Crippen LogP contribution in [-0.2, 0) is 16.1 Å².